The topological polar surface area (TPSA) is 32.3 Å². The van der Waals surface area contributed by atoms with Gasteiger partial charge in [0.25, 0.3) is 0 Å². The summed E-state index contributed by atoms with van der Waals surface area (Å²) in [4.78, 5) is 0. The highest BCUT2D eigenvalue weighted by Crippen LogP contribution is 2.33. The van der Waals surface area contributed by atoms with E-state index in [-0.39, 0.29) is 6.04 Å². The molecule has 2 rings (SSSR count). The monoisotopic (exact) mass is 225 g/mol. The van der Waals surface area contributed by atoms with Crippen LogP contribution in [0.2, 0.25) is 5.02 Å². The third kappa shape index (κ3) is 2.51. The molecular formula is C12H16ClNO. The van der Waals surface area contributed by atoms with E-state index in [4.69, 9.17) is 11.6 Å². The fraction of sp³-hybridized carbons (Fsp3) is 0.500. The molecule has 2 nitrogen and oxygen atoms in total. The van der Waals surface area contributed by atoms with E-state index in [2.05, 4.69) is 5.32 Å². The fourth-order valence-corrected chi connectivity index (χ4v) is 2.37. The standard InChI is InChI=1S/C12H16ClNO/c1-12(15)6-7-14-11(8-12)9-4-2-3-5-10(9)13/h2-5,11,14-15H,6-8H2,1H3. The third-order valence-electron chi connectivity index (χ3n) is 2.98. The van der Waals surface area contributed by atoms with E-state index < -0.39 is 5.60 Å². The Morgan fingerprint density at radius 3 is 2.87 bits per heavy atom. The van der Waals surface area contributed by atoms with Gasteiger partial charge in [-0.2, -0.15) is 0 Å². The lowest BCUT2D eigenvalue weighted by molar-refractivity contribution is 0.0132. The van der Waals surface area contributed by atoms with Crippen molar-refractivity contribution in [2.24, 2.45) is 0 Å². The van der Waals surface area contributed by atoms with Crippen molar-refractivity contribution in [1.29, 1.82) is 0 Å². The molecule has 0 aromatic heterocycles. The summed E-state index contributed by atoms with van der Waals surface area (Å²) in [6.07, 6.45) is 1.52. The Kier molecular flexibility index (Phi) is 3.01. The molecule has 15 heavy (non-hydrogen) atoms. The summed E-state index contributed by atoms with van der Waals surface area (Å²) in [6, 6.07) is 7.98. The smallest absolute Gasteiger partial charge is 0.0650 e. The zero-order valence-electron chi connectivity index (χ0n) is 8.83. The van der Waals surface area contributed by atoms with Crippen LogP contribution in [0.15, 0.2) is 24.3 Å². The van der Waals surface area contributed by atoms with Gasteiger partial charge in [-0.05, 0) is 37.9 Å². The number of piperidine rings is 1. The minimum Gasteiger partial charge on any atom is -0.390 e. The zero-order chi connectivity index (χ0) is 10.9. The fourth-order valence-electron chi connectivity index (χ4n) is 2.11. The Morgan fingerprint density at radius 2 is 2.20 bits per heavy atom. The van der Waals surface area contributed by atoms with E-state index in [1.165, 1.54) is 0 Å². The Morgan fingerprint density at radius 1 is 1.47 bits per heavy atom. The quantitative estimate of drug-likeness (QED) is 0.770. The minimum atomic E-state index is -0.574. The van der Waals surface area contributed by atoms with Crippen LogP contribution in [0.3, 0.4) is 0 Å². The molecule has 0 bridgehead atoms. The molecule has 1 aliphatic rings. The van der Waals surface area contributed by atoms with Crippen LogP contribution in [0.1, 0.15) is 31.4 Å². The van der Waals surface area contributed by atoms with Gasteiger partial charge in [0, 0.05) is 11.1 Å². The minimum absolute atomic E-state index is 0.169. The lowest BCUT2D eigenvalue weighted by Gasteiger charge is -2.35. The first-order valence-corrected chi connectivity index (χ1v) is 5.66. The van der Waals surface area contributed by atoms with Gasteiger partial charge < -0.3 is 10.4 Å². The molecule has 0 aliphatic carbocycles. The molecule has 82 valence electrons. The first kappa shape index (κ1) is 10.9. The summed E-state index contributed by atoms with van der Waals surface area (Å²) in [6.45, 7) is 2.72. The second-order valence-corrected chi connectivity index (χ2v) is 4.89. The van der Waals surface area contributed by atoms with Gasteiger partial charge in [0.05, 0.1) is 5.60 Å². The number of benzene rings is 1. The van der Waals surface area contributed by atoms with E-state index in [1.54, 1.807) is 0 Å². The SMILES string of the molecule is CC1(O)CCNC(c2ccccc2Cl)C1. The second-order valence-electron chi connectivity index (χ2n) is 4.48. The molecule has 0 radical (unpaired) electrons. The van der Waals surface area contributed by atoms with E-state index in [1.807, 2.05) is 31.2 Å². The molecule has 1 aromatic carbocycles. The van der Waals surface area contributed by atoms with Gasteiger partial charge in [-0.25, -0.2) is 0 Å². The first-order valence-electron chi connectivity index (χ1n) is 5.29. The van der Waals surface area contributed by atoms with Crippen molar-refractivity contribution in [3.63, 3.8) is 0 Å². The van der Waals surface area contributed by atoms with Gasteiger partial charge in [0.1, 0.15) is 0 Å². The average Bonchev–Trinajstić information content (AvgIpc) is 2.17. The molecule has 2 N–H and O–H groups in total. The maximum atomic E-state index is 10.0. The molecule has 1 fully saturated rings. The Bertz CT molecular complexity index is 351. The molecule has 1 heterocycles. The predicted molar refractivity (Wildman–Crippen MR) is 62.1 cm³/mol. The van der Waals surface area contributed by atoms with Crippen molar-refractivity contribution in [3.8, 4) is 0 Å². The third-order valence-corrected chi connectivity index (χ3v) is 3.32. The van der Waals surface area contributed by atoms with Crippen LogP contribution in [0, 0.1) is 0 Å². The maximum absolute atomic E-state index is 10.0. The predicted octanol–water partition coefficient (Wildman–Crippen LogP) is 2.52. The van der Waals surface area contributed by atoms with Gasteiger partial charge in [0.15, 0.2) is 0 Å². The number of aliphatic hydroxyl groups is 1. The Hall–Kier alpha value is -0.570. The summed E-state index contributed by atoms with van der Waals surface area (Å²) in [7, 11) is 0. The van der Waals surface area contributed by atoms with E-state index in [9.17, 15) is 5.11 Å². The number of hydrogen-bond donors (Lipinski definition) is 2. The Balaban J connectivity index is 2.21. The highest BCUT2D eigenvalue weighted by Gasteiger charge is 2.30. The zero-order valence-corrected chi connectivity index (χ0v) is 9.59. The van der Waals surface area contributed by atoms with Crippen LogP contribution in [0.5, 0.6) is 0 Å². The van der Waals surface area contributed by atoms with Crippen LogP contribution in [0.4, 0.5) is 0 Å². The molecule has 1 aliphatic heterocycles. The summed E-state index contributed by atoms with van der Waals surface area (Å²) < 4.78 is 0. The Labute approximate surface area is 95.3 Å². The van der Waals surface area contributed by atoms with Gasteiger partial charge >= 0.3 is 0 Å². The van der Waals surface area contributed by atoms with Crippen molar-refractivity contribution in [3.05, 3.63) is 34.9 Å². The maximum Gasteiger partial charge on any atom is 0.0650 e. The summed E-state index contributed by atoms with van der Waals surface area (Å²) in [5.74, 6) is 0. The van der Waals surface area contributed by atoms with Crippen LogP contribution in [-0.2, 0) is 0 Å². The van der Waals surface area contributed by atoms with Gasteiger partial charge in [-0.3, -0.25) is 0 Å². The van der Waals surface area contributed by atoms with Crippen molar-refractivity contribution in [1.82, 2.24) is 5.32 Å². The summed E-state index contributed by atoms with van der Waals surface area (Å²) in [5.41, 5.74) is 0.508. The van der Waals surface area contributed by atoms with Crippen LogP contribution < -0.4 is 5.32 Å². The lowest BCUT2D eigenvalue weighted by atomic mass is 9.86. The highest BCUT2D eigenvalue weighted by molar-refractivity contribution is 6.31. The van der Waals surface area contributed by atoms with Gasteiger partial charge in [-0.15, -0.1) is 0 Å². The molecule has 2 atom stereocenters. The molecular weight excluding hydrogens is 210 g/mol. The van der Waals surface area contributed by atoms with E-state index >= 15 is 0 Å². The number of rotatable bonds is 1. The number of hydrogen-bond acceptors (Lipinski definition) is 2. The molecule has 3 heteroatoms. The average molecular weight is 226 g/mol. The molecule has 1 aromatic rings. The van der Waals surface area contributed by atoms with Crippen LogP contribution in [-0.4, -0.2) is 17.3 Å². The highest BCUT2D eigenvalue weighted by atomic mass is 35.5. The molecule has 0 amide bonds. The largest absolute Gasteiger partial charge is 0.390 e. The molecule has 0 spiro atoms. The van der Waals surface area contributed by atoms with Crippen molar-refractivity contribution in [2.45, 2.75) is 31.4 Å². The van der Waals surface area contributed by atoms with Gasteiger partial charge in [0.2, 0.25) is 0 Å². The summed E-state index contributed by atoms with van der Waals surface area (Å²) >= 11 is 6.13. The number of nitrogens with one attached hydrogen (secondary N) is 1. The normalized spacial score (nSPS) is 31.5. The number of halogens is 1. The van der Waals surface area contributed by atoms with Crippen molar-refractivity contribution in [2.75, 3.05) is 6.54 Å². The van der Waals surface area contributed by atoms with Crippen molar-refractivity contribution < 1.29 is 5.11 Å². The molecule has 1 saturated heterocycles. The van der Waals surface area contributed by atoms with Gasteiger partial charge in [-0.1, -0.05) is 29.8 Å². The first-order chi connectivity index (χ1) is 7.08. The summed E-state index contributed by atoms with van der Waals surface area (Å²) in [5, 5.41) is 14.2. The van der Waals surface area contributed by atoms with E-state index in [0.29, 0.717) is 0 Å². The second kappa shape index (κ2) is 4.12. The molecule has 2 unspecified atom stereocenters. The van der Waals surface area contributed by atoms with E-state index in [0.717, 1.165) is 30.0 Å². The molecule has 0 saturated carbocycles. The van der Waals surface area contributed by atoms with Crippen LogP contribution >= 0.6 is 11.6 Å². The lowest BCUT2D eigenvalue weighted by Crippen LogP contribution is -2.41. The van der Waals surface area contributed by atoms with Crippen molar-refractivity contribution >= 4 is 11.6 Å². The van der Waals surface area contributed by atoms with Crippen LogP contribution in [0.25, 0.3) is 0 Å².